The molecule has 3 heterocycles. The number of carbonyl (C=O) groups is 2. The molecule has 7 nitrogen and oxygen atoms in total. The molecule has 0 saturated carbocycles. The van der Waals surface area contributed by atoms with Crippen LogP contribution in [0.25, 0.3) is 22.0 Å². The van der Waals surface area contributed by atoms with E-state index in [0.717, 1.165) is 16.5 Å². The van der Waals surface area contributed by atoms with Gasteiger partial charge in [-0.3, -0.25) is 24.3 Å². The number of fused-ring (bicyclic) bond motifs is 1. The summed E-state index contributed by atoms with van der Waals surface area (Å²) in [6.45, 7) is 0.889. The summed E-state index contributed by atoms with van der Waals surface area (Å²) in [6, 6.07) is 9.05. The SMILES string of the molecule is CSNC(=O)c1ccc(-c2cncc3ncc(C(=O)N4CCC(O)C4)cc23)cc1. The Morgan fingerprint density at radius 3 is 2.66 bits per heavy atom. The number of nitrogens with one attached hydrogen (secondary N) is 1. The molecule has 148 valence electrons. The average Bonchev–Trinajstić information content (AvgIpc) is 3.19. The van der Waals surface area contributed by atoms with E-state index in [-0.39, 0.29) is 11.8 Å². The maximum Gasteiger partial charge on any atom is 0.261 e. The van der Waals surface area contributed by atoms with Crippen molar-refractivity contribution in [2.24, 2.45) is 0 Å². The average molecular weight is 408 g/mol. The fourth-order valence-electron chi connectivity index (χ4n) is 3.45. The minimum absolute atomic E-state index is 0.136. The van der Waals surface area contributed by atoms with Gasteiger partial charge in [0.25, 0.3) is 11.8 Å². The van der Waals surface area contributed by atoms with E-state index in [1.165, 1.54) is 11.9 Å². The van der Waals surface area contributed by atoms with E-state index in [1.807, 2.05) is 18.2 Å². The summed E-state index contributed by atoms with van der Waals surface area (Å²) in [4.78, 5) is 35.1. The molecular formula is C21H20N4O3S. The number of benzene rings is 1. The van der Waals surface area contributed by atoms with Crippen molar-refractivity contribution in [1.82, 2.24) is 19.6 Å². The van der Waals surface area contributed by atoms with Crippen LogP contribution in [0.4, 0.5) is 0 Å². The molecule has 4 rings (SSSR count). The molecule has 2 aromatic heterocycles. The second-order valence-corrected chi connectivity index (χ2v) is 7.50. The summed E-state index contributed by atoms with van der Waals surface area (Å²) in [5, 5.41) is 10.5. The van der Waals surface area contributed by atoms with E-state index >= 15 is 0 Å². The van der Waals surface area contributed by atoms with Crippen molar-refractivity contribution in [1.29, 1.82) is 0 Å². The summed E-state index contributed by atoms with van der Waals surface area (Å²) in [5.74, 6) is -0.287. The fourth-order valence-corrected chi connectivity index (χ4v) is 3.76. The quantitative estimate of drug-likeness (QED) is 0.644. The normalized spacial score (nSPS) is 16.2. The Labute approximate surface area is 172 Å². The van der Waals surface area contributed by atoms with Crippen LogP contribution in [0.3, 0.4) is 0 Å². The van der Waals surface area contributed by atoms with Gasteiger partial charge < -0.3 is 10.0 Å². The van der Waals surface area contributed by atoms with Gasteiger partial charge in [-0.15, -0.1) is 0 Å². The Kier molecular flexibility index (Phi) is 5.46. The number of nitrogens with zero attached hydrogens (tertiary/aromatic N) is 3. The van der Waals surface area contributed by atoms with Gasteiger partial charge >= 0.3 is 0 Å². The number of β-amino-alcohol motifs (C(OH)–C–C–N with tert-alkyl or cyclic N) is 1. The molecule has 1 fully saturated rings. The number of rotatable bonds is 4. The smallest absolute Gasteiger partial charge is 0.261 e. The largest absolute Gasteiger partial charge is 0.391 e. The van der Waals surface area contributed by atoms with Gasteiger partial charge in [0.15, 0.2) is 0 Å². The molecule has 1 unspecified atom stereocenters. The van der Waals surface area contributed by atoms with Crippen LogP contribution in [-0.4, -0.2) is 57.2 Å². The third-order valence-corrected chi connectivity index (χ3v) is 5.35. The molecule has 1 aromatic carbocycles. The predicted molar refractivity (Wildman–Crippen MR) is 112 cm³/mol. The van der Waals surface area contributed by atoms with E-state index < -0.39 is 6.10 Å². The van der Waals surface area contributed by atoms with Crippen molar-refractivity contribution in [2.45, 2.75) is 12.5 Å². The summed E-state index contributed by atoms with van der Waals surface area (Å²) >= 11 is 1.25. The summed E-state index contributed by atoms with van der Waals surface area (Å²) in [6.07, 6.45) is 6.87. The van der Waals surface area contributed by atoms with Crippen molar-refractivity contribution < 1.29 is 14.7 Å². The molecule has 1 aliphatic rings. The standard InChI is InChI=1S/C21H20N4O3S/c1-29-24-20(27)14-4-2-13(3-5-14)18-10-22-11-19-17(18)8-15(9-23-19)21(28)25-7-6-16(26)12-25/h2-5,8-11,16,26H,6-7,12H2,1H3,(H,24,27). The van der Waals surface area contributed by atoms with Gasteiger partial charge in [-0.1, -0.05) is 24.1 Å². The molecule has 1 aliphatic heterocycles. The fraction of sp³-hybridized carbons (Fsp3) is 0.238. The molecule has 2 N–H and O–H groups in total. The van der Waals surface area contributed by atoms with Gasteiger partial charge in [0, 0.05) is 48.3 Å². The minimum atomic E-state index is -0.464. The summed E-state index contributed by atoms with van der Waals surface area (Å²) in [7, 11) is 0. The van der Waals surface area contributed by atoms with E-state index in [0.29, 0.717) is 36.2 Å². The third kappa shape index (κ3) is 3.94. The molecule has 0 aliphatic carbocycles. The van der Waals surface area contributed by atoms with Gasteiger partial charge in [-0.05, 0) is 30.2 Å². The van der Waals surface area contributed by atoms with Gasteiger partial charge in [0.1, 0.15) is 0 Å². The second kappa shape index (κ2) is 8.18. The molecule has 1 saturated heterocycles. The second-order valence-electron chi connectivity index (χ2n) is 6.88. The molecule has 29 heavy (non-hydrogen) atoms. The topological polar surface area (TPSA) is 95.4 Å². The lowest BCUT2D eigenvalue weighted by Gasteiger charge is -2.16. The first-order chi connectivity index (χ1) is 14.1. The summed E-state index contributed by atoms with van der Waals surface area (Å²) < 4.78 is 2.70. The van der Waals surface area contributed by atoms with Crippen molar-refractivity contribution in [3.05, 3.63) is 60.0 Å². The number of likely N-dealkylation sites (tertiary alicyclic amines) is 1. The van der Waals surface area contributed by atoms with Gasteiger partial charge in [0.2, 0.25) is 0 Å². The maximum atomic E-state index is 12.8. The highest BCUT2D eigenvalue weighted by atomic mass is 32.2. The predicted octanol–water partition coefficient (Wildman–Crippen LogP) is 2.51. The van der Waals surface area contributed by atoms with Gasteiger partial charge in [-0.2, -0.15) is 0 Å². The zero-order valence-electron chi connectivity index (χ0n) is 15.8. The summed E-state index contributed by atoms with van der Waals surface area (Å²) in [5.41, 5.74) is 3.45. The lowest BCUT2D eigenvalue weighted by atomic mass is 10.0. The molecule has 0 radical (unpaired) electrons. The first kappa shape index (κ1) is 19.4. The van der Waals surface area contributed by atoms with E-state index in [1.54, 1.807) is 41.9 Å². The molecule has 1 atom stereocenters. The highest BCUT2D eigenvalue weighted by Crippen LogP contribution is 2.28. The zero-order valence-corrected chi connectivity index (χ0v) is 16.6. The van der Waals surface area contributed by atoms with Crippen LogP contribution in [0.15, 0.2) is 48.9 Å². The van der Waals surface area contributed by atoms with Crippen molar-refractivity contribution in [2.75, 3.05) is 19.3 Å². The number of hydrogen-bond acceptors (Lipinski definition) is 6. The van der Waals surface area contributed by atoms with Crippen LogP contribution in [0.1, 0.15) is 27.1 Å². The van der Waals surface area contributed by atoms with Crippen molar-refractivity contribution in [3.63, 3.8) is 0 Å². The number of aliphatic hydroxyl groups excluding tert-OH is 1. The number of amides is 2. The number of pyridine rings is 2. The van der Waals surface area contributed by atoms with Crippen LogP contribution < -0.4 is 4.72 Å². The first-order valence-electron chi connectivity index (χ1n) is 9.21. The van der Waals surface area contributed by atoms with Crippen LogP contribution in [-0.2, 0) is 0 Å². The zero-order chi connectivity index (χ0) is 20.4. The lowest BCUT2D eigenvalue weighted by Crippen LogP contribution is -2.29. The molecule has 3 aromatic rings. The van der Waals surface area contributed by atoms with Crippen LogP contribution in [0.2, 0.25) is 0 Å². The Balaban J connectivity index is 1.69. The molecule has 2 amide bonds. The Morgan fingerprint density at radius 2 is 1.97 bits per heavy atom. The van der Waals surface area contributed by atoms with Crippen LogP contribution >= 0.6 is 11.9 Å². The Bertz CT molecular complexity index is 1070. The molecule has 0 spiro atoms. The monoisotopic (exact) mass is 408 g/mol. The number of aromatic nitrogens is 2. The molecule has 8 heteroatoms. The van der Waals surface area contributed by atoms with Crippen molar-refractivity contribution in [3.8, 4) is 11.1 Å². The third-order valence-electron chi connectivity index (χ3n) is 4.96. The number of carbonyl (C=O) groups excluding carboxylic acids is 2. The Hall–Kier alpha value is -2.97. The highest BCUT2D eigenvalue weighted by molar-refractivity contribution is 7.97. The highest BCUT2D eigenvalue weighted by Gasteiger charge is 2.26. The van der Waals surface area contributed by atoms with Gasteiger partial charge in [0.05, 0.1) is 23.4 Å². The minimum Gasteiger partial charge on any atom is -0.391 e. The van der Waals surface area contributed by atoms with Crippen molar-refractivity contribution >= 4 is 34.7 Å². The Morgan fingerprint density at radius 1 is 1.17 bits per heavy atom. The van der Waals surface area contributed by atoms with Gasteiger partial charge in [-0.25, -0.2) is 0 Å². The van der Waals surface area contributed by atoms with E-state index in [9.17, 15) is 14.7 Å². The maximum absolute atomic E-state index is 12.8. The van der Waals surface area contributed by atoms with E-state index in [4.69, 9.17) is 0 Å². The van der Waals surface area contributed by atoms with E-state index in [2.05, 4.69) is 14.7 Å². The first-order valence-corrected chi connectivity index (χ1v) is 10.4. The van der Waals surface area contributed by atoms with Crippen LogP contribution in [0, 0.1) is 0 Å². The number of hydrogen-bond donors (Lipinski definition) is 2. The van der Waals surface area contributed by atoms with Crippen LogP contribution in [0.5, 0.6) is 0 Å². The lowest BCUT2D eigenvalue weighted by molar-refractivity contribution is 0.0764. The molecular weight excluding hydrogens is 388 g/mol. The molecule has 0 bridgehead atoms. The number of aliphatic hydroxyl groups is 1.